The Balaban J connectivity index is 1.74. The lowest BCUT2D eigenvalue weighted by atomic mass is 9.94. The minimum atomic E-state index is -0.667. The van der Waals surface area contributed by atoms with Gasteiger partial charge in [-0.05, 0) is 18.8 Å². The van der Waals surface area contributed by atoms with Gasteiger partial charge in [-0.25, -0.2) is 15.0 Å². The number of H-pyrrole nitrogens is 1. The Kier molecular flexibility index (Phi) is 3.70. The number of piperidine rings is 1. The number of carbonyl (C=O) groups is 1. The van der Waals surface area contributed by atoms with Gasteiger partial charge in [0, 0.05) is 13.1 Å². The second kappa shape index (κ2) is 5.81. The van der Waals surface area contributed by atoms with Crippen molar-refractivity contribution < 1.29 is 4.79 Å². The van der Waals surface area contributed by atoms with Gasteiger partial charge < -0.3 is 15.6 Å². The van der Waals surface area contributed by atoms with Crippen molar-refractivity contribution in [2.75, 3.05) is 18.0 Å². The Labute approximate surface area is 126 Å². The van der Waals surface area contributed by atoms with E-state index in [1.807, 2.05) is 6.07 Å². The first-order valence-electron chi connectivity index (χ1n) is 7.00. The van der Waals surface area contributed by atoms with Crippen LogP contribution in [0.4, 0.5) is 5.82 Å². The number of primary amides is 1. The molecule has 2 aromatic rings. The molecule has 3 rings (SSSR count). The zero-order valence-corrected chi connectivity index (χ0v) is 11.9. The van der Waals surface area contributed by atoms with Gasteiger partial charge in [0.15, 0.2) is 11.5 Å². The zero-order chi connectivity index (χ0) is 15.5. The number of rotatable bonds is 3. The van der Waals surface area contributed by atoms with Gasteiger partial charge in [-0.15, -0.1) is 0 Å². The van der Waals surface area contributed by atoms with E-state index < -0.39 is 5.91 Å². The van der Waals surface area contributed by atoms with Gasteiger partial charge in [0.05, 0.1) is 6.33 Å². The van der Waals surface area contributed by atoms with Crippen molar-refractivity contribution in [3.05, 3.63) is 24.3 Å². The molecule has 0 unspecified atom stereocenters. The SMILES string of the molecule is N#C/C(=C/C1CCN(c2ncnc3nc[nH]c23)CC1)C(N)=O. The lowest BCUT2D eigenvalue weighted by Gasteiger charge is -2.31. The summed E-state index contributed by atoms with van der Waals surface area (Å²) in [5, 5.41) is 8.89. The van der Waals surface area contributed by atoms with Crippen LogP contribution in [0, 0.1) is 17.2 Å². The summed E-state index contributed by atoms with van der Waals surface area (Å²) in [7, 11) is 0. The first-order chi connectivity index (χ1) is 10.7. The molecular weight excluding hydrogens is 282 g/mol. The van der Waals surface area contributed by atoms with Crippen LogP contribution in [0.25, 0.3) is 11.2 Å². The highest BCUT2D eigenvalue weighted by atomic mass is 16.1. The number of nitrogens with two attached hydrogens (primary N) is 1. The molecule has 0 aromatic carbocycles. The molecular formula is C14H15N7O. The smallest absolute Gasteiger partial charge is 0.259 e. The first kappa shape index (κ1) is 14.0. The van der Waals surface area contributed by atoms with Crippen LogP contribution in [0.15, 0.2) is 24.3 Å². The normalized spacial score (nSPS) is 16.7. The van der Waals surface area contributed by atoms with Gasteiger partial charge in [-0.1, -0.05) is 6.08 Å². The number of fused-ring (bicyclic) bond motifs is 1. The quantitative estimate of drug-likeness (QED) is 0.628. The summed E-state index contributed by atoms with van der Waals surface area (Å²) in [6.07, 6.45) is 6.46. The molecule has 0 saturated carbocycles. The Morgan fingerprint density at radius 1 is 1.41 bits per heavy atom. The number of nitrogens with one attached hydrogen (secondary N) is 1. The number of nitrogens with zero attached hydrogens (tertiary/aromatic N) is 5. The third-order valence-corrected chi connectivity index (χ3v) is 3.83. The topological polar surface area (TPSA) is 125 Å². The molecule has 0 spiro atoms. The maximum atomic E-state index is 11.1. The molecule has 1 aliphatic heterocycles. The molecule has 1 aliphatic rings. The third-order valence-electron chi connectivity index (χ3n) is 3.83. The molecule has 1 fully saturated rings. The van der Waals surface area contributed by atoms with Crippen LogP contribution in [0.5, 0.6) is 0 Å². The highest BCUT2D eigenvalue weighted by molar-refractivity contribution is 5.95. The van der Waals surface area contributed by atoms with Crippen molar-refractivity contribution in [1.82, 2.24) is 19.9 Å². The van der Waals surface area contributed by atoms with Crippen molar-refractivity contribution in [3.8, 4) is 6.07 Å². The number of hydrogen-bond donors (Lipinski definition) is 2. The summed E-state index contributed by atoms with van der Waals surface area (Å²) in [5.74, 6) is 0.345. The number of amides is 1. The van der Waals surface area contributed by atoms with Crippen LogP contribution in [0.1, 0.15) is 12.8 Å². The summed E-state index contributed by atoms with van der Waals surface area (Å²) in [6, 6.07) is 1.85. The maximum absolute atomic E-state index is 11.1. The van der Waals surface area contributed by atoms with Gasteiger partial charge in [0.2, 0.25) is 0 Å². The van der Waals surface area contributed by atoms with Crippen LogP contribution in [0.3, 0.4) is 0 Å². The van der Waals surface area contributed by atoms with E-state index in [9.17, 15) is 4.79 Å². The van der Waals surface area contributed by atoms with Gasteiger partial charge in [0.25, 0.3) is 5.91 Å². The van der Waals surface area contributed by atoms with Crippen LogP contribution in [-0.4, -0.2) is 38.9 Å². The number of aromatic nitrogens is 4. The Morgan fingerprint density at radius 3 is 2.86 bits per heavy atom. The molecule has 3 N–H and O–H groups in total. The second-order valence-corrected chi connectivity index (χ2v) is 5.18. The van der Waals surface area contributed by atoms with E-state index in [1.165, 1.54) is 6.33 Å². The molecule has 2 aromatic heterocycles. The fraction of sp³-hybridized carbons (Fsp3) is 0.357. The number of anilines is 1. The van der Waals surface area contributed by atoms with Gasteiger partial charge in [-0.3, -0.25) is 4.79 Å². The number of allylic oxidation sites excluding steroid dienone is 1. The average Bonchev–Trinajstić information content (AvgIpc) is 3.01. The lowest BCUT2D eigenvalue weighted by Crippen LogP contribution is -2.34. The monoisotopic (exact) mass is 297 g/mol. The standard InChI is InChI=1S/C14H15N7O/c15-6-10(12(16)22)5-9-1-3-21(4-2-9)14-11-13(18-7-17-11)19-8-20-14/h5,7-9H,1-4H2,(H2,16,22)(H,17,18,19,20)/b10-5-. The van der Waals surface area contributed by atoms with Crippen molar-refractivity contribution in [2.45, 2.75) is 12.8 Å². The van der Waals surface area contributed by atoms with Crippen molar-refractivity contribution in [2.24, 2.45) is 11.7 Å². The molecule has 0 radical (unpaired) electrons. The number of hydrogen-bond acceptors (Lipinski definition) is 6. The molecule has 0 aliphatic carbocycles. The van der Waals surface area contributed by atoms with E-state index in [-0.39, 0.29) is 11.5 Å². The summed E-state index contributed by atoms with van der Waals surface area (Å²) in [5.41, 5.74) is 6.67. The maximum Gasteiger partial charge on any atom is 0.259 e. The minimum absolute atomic E-state index is 0.0384. The molecule has 0 atom stereocenters. The molecule has 8 heteroatoms. The Hall–Kier alpha value is -2.95. The second-order valence-electron chi connectivity index (χ2n) is 5.18. The van der Waals surface area contributed by atoms with Crippen molar-refractivity contribution in [1.29, 1.82) is 5.26 Å². The number of carbonyl (C=O) groups excluding carboxylic acids is 1. The molecule has 3 heterocycles. The highest BCUT2D eigenvalue weighted by Gasteiger charge is 2.22. The van der Waals surface area contributed by atoms with Gasteiger partial charge >= 0.3 is 0 Å². The molecule has 1 amide bonds. The van der Waals surface area contributed by atoms with E-state index >= 15 is 0 Å². The summed E-state index contributed by atoms with van der Waals surface area (Å²) >= 11 is 0. The molecule has 112 valence electrons. The Bertz CT molecular complexity index is 765. The number of aromatic amines is 1. The number of nitriles is 1. The average molecular weight is 297 g/mol. The van der Waals surface area contributed by atoms with Crippen LogP contribution < -0.4 is 10.6 Å². The number of imidazole rings is 1. The highest BCUT2D eigenvalue weighted by Crippen LogP contribution is 2.26. The molecule has 1 saturated heterocycles. The summed E-state index contributed by atoms with van der Waals surface area (Å²) in [4.78, 5) is 28.9. The van der Waals surface area contributed by atoms with E-state index in [0.717, 1.165) is 37.3 Å². The lowest BCUT2D eigenvalue weighted by molar-refractivity contribution is -0.114. The largest absolute Gasteiger partial charge is 0.365 e. The van der Waals surface area contributed by atoms with Crippen molar-refractivity contribution in [3.63, 3.8) is 0 Å². The van der Waals surface area contributed by atoms with Crippen LogP contribution >= 0.6 is 0 Å². The predicted molar refractivity (Wildman–Crippen MR) is 79.5 cm³/mol. The molecule has 8 nitrogen and oxygen atoms in total. The van der Waals surface area contributed by atoms with Gasteiger partial charge in [-0.2, -0.15) is 5.26 Å². The predicted octanol–water partition coefficient (Wildman–Crippen LogP) is 0.505. The van der Waals surface area contributed by atoms with Crippen LogP contribution in [-0.2, 0) is 4.79 Å². The van der Waals surface area contributed by atoms with Gasteiger partial charge in [0.1, 0.15) is 23.5 Å². The van der Waals surface area contributed by atoms with E-state index in [2.05, 4.69) is 24.8 Å². The minimum Gasteiger partial charge on any atom is -0.365 e. The van der Waals surface area contributed by atoms with Crippen molar-refractivity contribution >= 4 is 22.9 Å². The third kappa shape index (κ3) is 2.61. The fourth-order valence-corrected chi connectivity index (χ4v) is 2.68. The summed E-state index contributed by atoms with van der Waals surface area (Å²) < 4.78 is 0. The zero-order valence-electron chi connectivity index (χ0n) is 11.9. The molecule has 0 bridgehead atoms. The first-order valence-corrected chi connectivity index (χ1v) is 7.00. The summed E-state index contributed by atoms with van der Waals surface area (Å²) in [6.45, 7) is 1.56. The molecule has 22 heavy (non-hydrogen) atoms. The van der Waals surface area contributed by atoms with E-state index in [0.29, 0.717) is 5.65 Å². The van der Waals surface area contributed by atoms with E-state index in [4.69, 9.17) is 11.0 Å². The Morgan fingerprint density at radius 2 is 2.18 bits per heavy atom. The van der Waals surface area contributed by atoms with Crippen LogP contribution in [0.2, 0.25) is 0 Å². The van der Waals surface area contributed by atoms with E-state index in [1.54, 1.807) is 12.4 Å². The fourth-order valence-electron chi connectivity index (χ4n) is 2.68.